The van der Waals surface area contributed by atoms with E-state index in [1.165, 1.54) is 24.3 Å². The molecule has 0 saturated carbocycles. The summed E-state index contributed by atoms with van der Waals surface area (Å²) in [6.45, 7) is 2.61. The normalized spacial score (nSPS) is 12.0. The van der Waals surface area contributed by atoms with E-state index in [9.17, 15) is 12.8 Å². The number of nitrogens with zero attached hydrogens (tertiary/aromatic N) is 1. The zero-order valence-corrected chi connectivity index (χ0v) is 13.3. The zero-order chi connectivity index (χ0) is 16.8. The van der Waals surface area contributed by atoms with E-state index in [2.05, 4.69) is 0 Å². The molecule has 23 heavy (non-hydrogen) atoms. The smallest absolute Gasteiger partial charge is 0.238 e. The second kappa shape index (κ2) is 5.36. The fourth-order valence-electron chi connectivity index (χ4n) is 2.80. The van der Waals surface area contributed by atoms with Crippen LogP contribution in [0.3, 0.4) is 0 Å². The van der Waals surface area contributed by atoms with Gasteiger partial charge in [-0.15, -0.1) is 0 Å². The van der Waals surface area contributed by atoms with Crippen LogP contribution in [0.1, 0.15) is 6.92 Å². The fourth-order valence-corrected chi connectivity index (χ4v) is 3.31. The lowest BCUT2D eigenvalue weighted by atomic mass is 10.1. The van der Waals surface area contributed by atoms with Crippen LogP contribution in [0.5, 0.6) is 0 Å². The lowest BCUT2D eigenvalue weighted by Crippen LogP contribution is -2.11. The maximum Gasteiger partial charge on any atom is 0.238 e. The van der Waals surface area contributed by atoms with Crippen LogP contribution in [0.2, 0.25) is 0 Å². The van der Waals surface area contributed by atoms with E-state index >= 15 is 0 Å². The van der Waals surface area contributed by atoms with E-state index in [1.807, 2.05) is 11.5 Å². The quantitative estimate of drug-likeness (QED) is 0.772. The van der Waals surface area contributed by atoms with Crippen molar-refractivity contribution >= 4 is 26.6 Å². The Morgan fingerprint density at radius 3 is 2.35 bits per heavy atom. The second-order valence-corrected chi connectivity index (χ2v) is 6.80. The molecule has 2 aromatic carbocycles. The van der Waals surface area contributed by atoms with Gasteiger partial charge in [0, 0.05) is 17.5 Å². The largest absolute Gasteiger partial charge is 0.396 e. The van der Waals surface area contributed by atoms with E-state index in [0.717, 1.165) is 16.8 Å². The number of rotatable bonds is 3. The predicted molar refractivity (Wildman–Crippen MR) is 88.8 cm³/mol. The van der Waals surface area contributed by atoms with Crippen molar-refractivity contribution in [1.29, 1.82) is 0 Å². The molecule has 1 heterocycles. The van der Waals surface area contributed by atoms with Gasteiger partial charge in [0.15, 0.2) is 0 Å². The number of aromatic nitrogens is 1. The maximum atomic E-state index is 13.5. The molecule has 7 heteroatoms. The van der Waals surface area contributed by atoms with Crippen LogP contribution < -0.4 is 10.9 Å². The number of halogens is 1. The summed E-state index contributed by atoms with van der Waals surface area (Å²) < 4.78 is 38.2. The number of hydrogen-bond acceptors (Lipinski definition) is 3. The summed E-state index contributed by atoms with van der Waals surface area (Å²) in [5.41, 5.74) is 8.98. The number of nitrogen functional groups attached to an aromatic ring is 1. The minimum absolute atomic E-state index is 0.0324. The first kappa shape index (κ1) is 15.5. The summed E-state index contributed by atoms with van der Waals surface area (Å²) in [4.78, 5) is 0.0324. The number of aryl methyl sites for hydroxylation is 1. The van der Waals surface area contributed by atoms with Crippen LogP contribution in [-0.2, 0) is 16.6 Å². The van der Waals surface area contributed by atoms with Gasteiger partial charge in [-0.3, -0.25) is 0 Å². The number of hydrogen-bond donors (Lipinski definition) is 2. The van der Waals surface area contributed by atoms with Crippen LogP contribution in [0.4, 0.5) is 10.1 Å². The van der Waals surface area contributed by atoms with Gasteiger partial charge in [-0.25, -0.2) is 17.9 Å². The van der Waals surface area contributed by atoms with E-state index in [1.54, 1.807) is 18.2 Å². The number of anilines is 1. The Hall–Kier alpha value is -2.38. The number of primary sulfonamides is 1. The molecule has 120 valence electrons. The lowest BCUT2D eigenvalue weighted by molar-refractivity contribution is 0.598. The maximum absolute atomic E-state index is 13.5. The van der Waals surface area contributed by atoms with E-state index in [4.69, 9.17) is 10.9 Å². The molecule has 0 spiro atoms. The first-order chi connectivity index (χ1) is 10.8. The molecule has 0 saturated heterocycles. The molecule has 4 N–H and O–H groups in total. The van der Waals surface area contributed by atoms with Crippen molar-refractivity contribution in [3.8, 4) is 11.3 Å². The molecular weight excluding hydrogens is 317 g/mol. The molecule has 0 amide bonds. The second-order valence-electron chi connectivity index (χ2n) is 5.24. The van der Waals surface area contributed by atoms with Crippen molar-refractivity contribution in [2.45, 2.75) is 18.4 Å². The molecule has 0 aliphatic carbocycles. The summed E-state index contributed by atoms with van der Waals surface area (Å²) in [5.74, 6) is -0.353. The molecule has 0 aliphatic heterocycles. The average molecular weight is 333 g/mol. The lowest BCUT2D eigenvalue weighted by Gasteiger charge is -2.09. The number of fused-ring (bicyclic) bond motifs is 1. The molecule has 0 bridgehead atoms. The van der Waals surface area contributed by atoms with Crippen molar-refractivity contribution in [3.63, 3.8) is 0 Å². The topological polar surface area (TPSA) is 91.1 Å². The Morgan fingerprint density at radius 2 is 1.78 bits per heavy atom. The van der Waals surface area contributed by atoms with Crippen LogP contribution >= 0.6 is 0 Å². The first-order valence-electron chi connectivity index (χ1n) is 7.03. The molecule has 0 fully saturated rings. The summed E-state index contributed by atoms with van der Waals surface area (Å²) in [6, 6.07) is 10.6. The number of sulfonamides is 1. The third-order valence-electron chi connectivity index (χ3n) is 3.84. The molecule has 3 aromatic rings. The van der Waals surface area contributed by atoms with Gasteiger partial charge in [0.25, 0.3) is 0 Å². The van der Waals surface area contributed by atoms with Crippen molar-refractivity contribution in [1.82, 2.24) is 4.57 Å². The van der Waals surface area contributed by atoms with Crippen molar-refractivity contribution in [2.24, 2.45) is 5.14 Å². The summed E-state index contributed by atoms with van der Waals surface area (Å²) in [7, 11) is -3.75. The van der Waals surface area contributed by atoms with Crippen LogP contribution in [0.25, 0.3) is 22.2 Å². The molecule has 5 nitrogen and oxygen atoms in total. The number of benzene rings is 2. The van der Waals surface area contributed by atoms with Crippen molar-refractivity contribution in [2.75, 3.05) is 5.73 Å². The average Bonchev–Trinajstić information content (AvgIpc) is 2.78. The van der Waals surface area contributed by atoms with Crippen molar-refractivity contribution < 1.29 is 12.8 Å². The zero-order valence-electron chi connectivity index (χ0n) is 12.5. The van der Waals surface area contributed by atoms with Gasteiger partial charge in [0.1, 0.15) is 5.82 Å². The van der Waals surface area contributed by atoms with Crippen LogP contribution in [0.15, 0.2) is 47.4 Å². The van der Waals surface area contributed by atoms with Gasteiger partial charge >= 0.3 is 0 Å². The Kier molecular flexibility index (Phi) is 3.62. The fraction of sp³-hybridized carbons (Fsp3) is 0.125. The summed E-state index contributed by atoms with van der Waals surface area (Å²) in [5, 5.41) is 5.75. The highest BCUT2D eigenvalue weighted by molar-refractivity contribution is 7.89. The highest BCUT2D eigenvalue weighted by Crippen LogP contribution is 2.36. The standard InChI is InChI=1S/C16H16FN3O2S/c1-2-20-14-8-5-11(17)9-13(14)15(18)16(20)10-3-6-12(7-4-10)23(19,21)22/h3-9H,2,18H2,1H3,(H2,19,21,22). The predicted octanol–water partition coefficient (Wildman–Crippen LogP) is 2.70. The Bertz CT molecular complexity index is 992. The third-order valence-corrected chi connectivity index (χ3v) is 4.77. The first-order valence-corrected chi connectivity index (χ1v) is 8.58. The van der Waals surface area contributed by atoms with Gasteiger partial charge in [-0.2, -0.15) is 0 Å². The molecule has 0 radical (unpaired) electrons. The molecule has 3 rings (SSSR count). The number of nitrogens with two attached hydrogens (primary N) is 2. The highest BCUT2D eigenvalue weighted by Gasteiger charge is 2.17. The molecular formula is C16H16FN3O2S. The van der Waals surface area contributed by atoms with Crippen LogP contribution in [-0.4, -0.2) is 13.0 Å². The Balaban J connectivity index is 2.25. The third kappa shape index (κ3) is 2.58. The minimum atomic E-state index is -3.75. The van der Waals surface area contributed by atoms with Crippen molar-refractivity contribution in [3.05, 3.63) is 48.3 Å². The molecule has 0 atom stereocenters. The monoisotopic (exact) mass is 333 g/mol. The van der Waals surface area contributed by atoms with Gasteiger partial charge in [0.05, 0.1) is 21.8 Å². The molecule has 0 aliphatic rings. The van der Waals surface area contributed by atoms with E-state index < -0.39 is 10.0 Å². The van der Waals surface area contributed by atoms with Gasteiger partial charge < -0.3 is 10.3 Å². The van der Waals surface area contributed by atoms with E-state index in [0.29, 0.717) is 17.6 Å². The SMILES string of the molecule is CCn1c(-c2ccc(S(N)(=O)=O)cc2)c(N)c2cc(F)ccc21. The highest BCUT2D eigenvalue weighted by atomic mass is 32.2. The summed E-state index contributed by atoms with van der Waals surface area (Å²) >= 11 is 0. The Labute approximate surface area is 133 Å². The Morgan fingerprint density at radius 1 is 1.13 bits per heavy atom. The molecule has 1 aromatic heterocycles. The minimum Gasteiger partial charge on any atom is -0.396 e. The van der Waals surface area contributed by atoms with Gasteiger partial charge in [0.2, 0.25) is 10.0 Å². The molecule has 0 unspecified atom stereocenters. The summed E-state index contributed by atoms with van der Waals surface area (Å²) in [6.07, 6.45) is 0. The van der Waals surface area contributed by atoms with Gasteiger partial charge in [-0.1, -0.05) is 12.1 Å². The van der Waals surface area contributed by atoms with Crippen LogP contribution in [0, 0.1) is 5.82 Å². The van der Waals surface area contributed by atoms with E-state index in [-0.39, 0.29) is 10.7 Å². The van der Waals surface area contributed by atoms with Gasteiger partial charge in [-0.05, 0) is 37.3 Å².